The van der Waals surface area contributed by atoms with E-state index in [1.807, 2.05) is 13.8 Å². The number of carbonyl (C=O) groups excluding carboxylic acids is 1. The molecule has 96 valence electrons. The quantitative estimate of drug-likeness (QED) is 0.867. The van der Waals surface area contributed by atoms with Gasteiger partial charge in [-0.25, -0.2) is 4.98 Å². The van der Waals surface area contributed by atoms with Crippen molar-refractivity contribution in [3.63, 3.8) is 0 Å². The van der Waals surface area contributed by atoms with Crippen molar-refractivity contribution < 1.29 is 14.4 Å². The summed E-state index contributed by atoms with van der Waals surface area (Å²) in [5.74, 6) is 0.448. The van der Waals surface area contributed by atoms with Crippen molar-refractivity contribution >= 4 is 17.2 Å². The van der Waals surface area contributed by atoms with Crippen LogP contribution >= 0.6 is 11.3 Å². The van der Waals surface area contributed by atoms with Crippen LogP contribution in [0.15, 0.2) is 10.7 Å². The number of hydrogen-bond acceptors (Lipinski definition) is 6. The molecular weight excluding hydrogens is 254 g/mol. The fourth-order valence-corrected chi connectivity index (χ4v) is 2.52. The Morgan fingerprint density at radius 3 is 2.94 bits per heavy atom. The van der Waals surface area contributed by atoms with E-state index in [-0.39, 0.29) is 19.1 Å². The number of thiazole rings is 1. The molecule has 0 spiro atoms. The largest absolute Gasteiger partial charge is 0.395 e. The zero-order valence-electron chi connectivity index (χ0n) is 10.1. The van der Waals surface area contributed by atoms with Crippen LogP contribution in [0, 0.1) is 13.8 Å². The number of hydrogen-bond donors (Lipinski definition) is 2. The monoisotopic (exact) mass is 267 g/mol. The maximum atomic E-state index is 11.7. The summed E-state index contributed by atoms with van der Waals surface area (Å²) in [6, 6.07) is 0. The molecule has 2 aromatic heterocycles. The van der Waals surface area contributed by atoms with Gasteiger partial charge in [-0.05, 0) is 13.8 Å². The Balaban J connectivity index is 2.23. The van der Waals surface area contributed by atoms with E-state index in [1.165, 1.54) is 17.5 Å². The highest BCUT2D eigenvalue weighted by Gasteiger charge is 2.17. The first kappa shape index (κ1) is 12.7. The summed E-state index contributed by atoms with van der Waals surface area (Å²) in [5, 5.41) is 15.8. The minimum absolute atomic E-state index is 0.0821. The summed E-state index contributed by atoms with van der Waals surface area (Å²) >= 11 is 1.27. The number of nitrogens with zero attached hydrogens (tertiary/aromatic N) is 2. The van der Waals surface area contributed by atoms with Crippen molar-refractivity contribution in [2.45, 2.75) is 13.8 Å². The highest BCUT2D eigenvalue weighted by Crippen LogP contribution is 2.30. The van der Waals surface area contributed by atoms with E-state index in [9.17, 15) is 4.79 Å². The van der Waals surface area contributed by atoms with Crippen molar-refractivity contribution in [3.8, 4) is 10.6 Å². The summed E-state index contributed by atoms with van der Waals surface area (Å²) < 4.78 is 5.07. The molecule has 0 aromatic carbocycles. The van der Waals surface area contributed by atoms with Gasteiger partial charge in [-0.1, -0.05) is 5.16 Å². The number of aliphatic hydroxyl groups is 1. The van der Waals surface area contributed by atoms with Gasteiger partial charge in [0.1, 0.15) is 15.6 Å². The van der Waals surface area contributed by atoms with Crippen LogP contribution in [-0.4, -0.2) is 34.3 Å². The van der Waals surface area contributed by atoms with E-state index in [4.69, 9.17) is 9.63 Å². The van der Waals surface area contributed by atoms with Crippen LogP contribution in [-0.2, 0) is 0 Å². The molecule has 0 bridgehead atoms. The lowest BCUT2D eigenvalue weighted by molar-refractivity contribution is 0.0948. The molecule has 1 amide bonds. The summed E-state index contributed by atoms with van der Waals surface area (Å²) in [7, 11) is 0. The SMILES string of the molecule is Cc1noc(C)c1-c1ncc(C(=O)NCCO)s1. The second-order valence-electron chi connectivity index (χ2n) is 3.71. The molecule has 2 aromatic rings. The van der Waals surface area contributed by atoms with Crippen molar-refractivity contribution in [2.24, 2.45) is 0 Å². The van der Waals surface area contributed by atoms with Gasteiger partial charge in [-0.2, -0.15) is 0 Å². The van der Waals surface area contributed by atoms with E-state index in [1.54, 1.807) is 0 Å². The third kappa shape index (κ3) is 2.41. The minimum Gasteiger partial charge on any atom is -0.395 e. The molecule has 2 rings (SSSR count). The Hall–Kier alpha value is -1.73. The van der Waals surface area contributed by atoms with Crippen molar-refractivity contribution in [1.82, 2.24) is 15.5 Å². The van der Waals surface area contributed by atoms with Crippen LogP contribution in [0.4, 0.5) is 0 Å². The maximum Gasteiger partial charge on any atom is 0.263 e. The van der Waals surface area contributed by atoms with Gasteiger partial charge in [0.15, 0.2) is 0 Å². The Kier molecular flexibility index (Phi) is 3.73. The Morgan fingerprint density at radius 1 is 1.56 bits per heavy atom. The van der Waals surface area contributed by atoms with Crippen LogP contribution < -0.4 is 5.32 Å². The number of aromatic nitrogens is 2. The van der Waals surface area contributed by atoms with E-state index >= 15 is 0 Å². The molecule has 0 aliphatic carbocycles. The van der Waals surface area contributed by atoms with Crippen LogP contribution in [0.5, 0.6) is 0 Å². The molecule has 6 nitrogen and oxygen atoms in total. The second-order valence-corrected chi connectivity index (χ2v) is 4.74. The molecule has 2 heterocycles. The third-order valence-corrected chi connectivity index (χ3v) is 3.39. The van der Waals surface area contributed by atoms with Gasteiger partial charge in [0.25, 0.3) is 5.91 Å². The number of carbonyl (C=O) groups is 1. The summed E-state index contributed by atoms with van der Waals surface area (Å²) in [6.07, 6.45) is 1.51. The van der Waals surface area contributed by atoms with Gasteiger partial charge in [-0.3, -0.25) is 4.79 Å². The Bertz CT molecular complexity index is 542. The summed E-state index contributed by atoms with van der Waals surface area (Å²) in [6.45, 7) is 3.79. The van der Waals surface area contributed by atoms with Gasteiger partial charge >= 0.3 is 0 Å². The molecule has 0 saturated carbocycles. The predicted molar refractivity (Wildman–Crippen MR) is 66.5 cm³/mol. The zero-order valence-corrected chi connectivity index (χ0v) is 10.9. The van der Waals surface area contributed by atoms with Gasteiger partial charge in [0, 0.05) is 6.54 Å². The van der Waals surface area contributed by atoms with E-state index < -0.39 is 0 Å². The van der Waals surface area contributed by atoms with Crippen LogP contribution in [0.1, 0.15) is 21.1 Å². The van der Waals surface area contributed by atoms with E-state index in [0.717, 1.165) is 11.3 Å². The lowest BCUT2D eigenvalue weighted by Gasteiger charge is -1.98. The van der Waals surface area contributed by atoms with Crippen LogP contribution in [0.3, 0.4) is 0 Å². The molecule has 0 aliphatic heterocycles. The third-order valence-electron chi connectivity index (χ3n) is 2.37. The number of rotatable bonds is 4. The Morgan fingerprint density at radius 2 is 2.33 bits per heavy atom. The first-order valence-corrected chi connectivity index (χ1v) is 6.23. The second kappa shape index (κ2) is 5.28. The van der Waals surface area contributed by atoms with E-state index in [0.29, 0.717) is 15.6 Å². The fourth-order valence-electron chi connectivity index (χ4n) is 1.54. The first-order chi connectivity index (χ1) is 8.63. The highest BCUT2D eigenvalue weighted by atomic mass is 32.1. The fraction of sp³-hybridized carbons (Fsp3) is 0.364. The Labute approximate surface area is 108 Å². The predicted octanol–water partition coefficient (Wildman–Crippen LogP) is 1.14. The van der Waals surface area contributed by atoms with Gasteiger partial charge in [0.2, 0.25) is 0 Å². The summed E-state index contributed by atoms with van der Waals surface area (Å²) in [4.78, 5) is 16.4. The zero-order chi connectivity index (χ0) is 13.1. The standard InChI is InChI=1S/C11H13N3O3S/c1-6-9(7(2)17-14-6)11-13-5-8(18-11)10(16)12-3-4-15/h5,15H,3-4H2,1-2H3,(H,12,16). The molecule has 0 aliphatic rings. The molecule has 7 heteroatoms. The van der Waals surface area contributed by atoms with Crippen LogP contribution in [0.2, 0.25) is 0 Å². The minimum atomic E-state index is -0.237. The van der Waals surface area contributed by atoms with Crippen molar-refractivity contribution in [2.75, 3.05) is 13.2 Å². The van der Waals surface area contributed by atoms with Crippen molar-refractivity contribution in [1.29, 1.82) is 0 Å². The lowest BCUT2D eigenvalue weighted by atomic mass is 10.2. The van der Waals surface area contributed by atoms with Gasteiger partial charge in [0.05, 0.1) is 24.1 Å². The average Bonchev–Trinajstić information content (AvgIpc) is 2.93. The number of nitrogens with one attached hydrogen (secondary N) is 1. The average molecular weight is 267 g/mol. The lowest BCUT2D eigenvalue weighted by Crippen LogP contribution is -2.25. The summed E-state index contributed by atoms with van der Waals surface area (Å²) in [5.41, 5.74) is 1.59. The van der Waals surface area contributed by atoms with Crippen LogP contribution in [0.25, 0.3) is 10.6 Å². The number of amides is 1. The number of aryl methyl sites for hydroxylation is 2. The molecule has 0 atom stereocenters. The van der Waals surface area contributed by atoms with Gasteiger partial charge < -0.3 is 14.9 Å². The first-order valence-electron chi connectivity index (χ1n) is 5.41. The van der Waals surface area contributed by atoms with E-state index in [2.05, 4.69) is 15.5 Å². The molecule has 0 saturated heterocycles. The molecule has 18 heavy (non-hydrogen) atoms. The maximum absolute atomic E-state index is 11.7. The molecule has 0 unspecified atom stereocenters. The van der Waals surface area contributed by atoms with Gasteiger partial charge in [-0.15, -0.1) is 11.3 Å². The number of aliphatic hydroxyl groups excluding tert-OH is 1. The molecule has 2 N–H and O–H groups in total. The molecular formula is C11H13N3O3S. The molecule has 0 radical (unpaired) electrons. The topological polar surface area (TPSA) is 88.2 Å². The van der Waals surface area contributed by atoms with Crippen molar-refractivity contribution in [3.05, 3.63) is 22.5 Å². The normalized spacial score (nSPS) is 10.6. The highest BCUT2D eigenvalue weighted by molar-refractivity contribution is 7.16. The molecule has 0 fully saturated rings. The smallest absolute Gasteiger partial charge is 0.263 e.